The van der Waals surface area contributed by atoms with Gasteiger partial charge in [-0.05, 0) is 65.8 Å². The lowest BCUT2D eigenvalue weighted by Crippen LogP contribution is -2.30. The number of hydrogen-bond donors (Lipinski definition) is 2. The Morgan fingerprint density at radius 3 is 2.50 bits per heavy atom. The van der Waals surface area contributed by atoms with Crippen LogP contribution in [0.3, 0.4) is 0 Å². The largest absolute Gasteiger partial charge is 0.393 e. The number of aryl methyl sites for hydroxylation is 2. The second kappa shape index (κ2) is 6.72. The third kappa shape index (κ3) is 3.41. The Kier molecular flexibility index (Phi) is 5.22. The van der Waals surface area contributed by atoms with Crippen LogP contribution in [0.4, 0.5) is 0 Å². The SMILES string of the molecule is CCn1nc(C)c(C(C)NCC2CCC(O)CC2)c1C. The molecule has 0 radical (unpaired) electrons. The standard InChI is InChI=1S/C16H29N3O/c1-5-19-13(4)16(12(3)18-19)11(2)17-10-14-6-8-15(20)9-7-14/h11,14-15,17,20H,5-10H2,1-4H3. The molecule has 1 unspecified atom stereocenters. The summed E-state index contributed by atoms with van der Waals surface area (Å²) in [4.78, 5) is 0. The van der Waals surface area contributed by atoms with Crippen LogP contribution in [-0.2, 0) is 6.54 Å². The highest BCUT2D eigenvalue weighted by molar-refractivity contribution is 5.27. The second-order valence-corrected chi connectivity index (χ2v) is 6.20. The van der Waals surface area contributed by atoms with Crippen molar-refractivity contribution in [2.75, 3.05) is 6.54 Å². The molecule has 20 heavy (non-hydrogen) atoms. The molecule has 0 spiro atoms. The van der Waals surface area contributed by atoms with Gasteiger partial charge in [-0.1, -0.05) is 0 Å². The fourth-order valence-electron chi connectivity index (χ4n) is 3.44. The van der Waals surface area contributed by atoms with E-state index in [0.717, 1.165) is 44.5 Å². The van der Waals surface area contributed by atoms with Gasteiger partial charge in [-0.25, -0.2) is 0 Å². The van der Waals surface area contributed by atoms with Crippen molar-refractivity contribution in [1.29, 1.82) is 0 Å². The van der Waals surface area contributed by atoms with Crippen molar-refractivity contribution in [3.63, 3.8) is 0 Å². The highest BCUT2D eigenvalue weighted by Gasteiger charge is 2.21. The minimum absolute atomic E-state index is 0.0593. The van der Waals surface area contributed by atoms with E-state index in [1.54, 1.807) is 0 Å². The number of nitrogens with zero attached hydrogens (tertiary/aromatic N) is 2. The lowest BCUT2D eigenvalue weighted by Gasteiger charge is -2.27. The molecule has 1 aliphatic rings. The van der Waals surface area contributed by atoms with Crippen molar-refractivity contribution in [2.45, 2.75) is 72.1 Å². The average molecular weight is 279 g/mol. The molecule has 0 aromatic carbocycles. The van der Waals surface area contributed by atoms with Crippen LogP contribution in [0.1, 0.15) is 62.5 Å². The number of aliphatic hydroxyl groups is 1. The molecule has 0 bridgehead atoms. The van der Waals surface area contributed by atoms with Gasteiger partial charge < -0.3 is 10.4 Å². The quantitative estimate of drug-likeness (QED) is 0.871. The highest BCUT2D eigenvalue weighted by Crippen LogP contribution is 2.26. The van der Waals surface area contributed by atoms with Crippen LogP contribution in [0, 0.1) is 19.8 Å². The normalized spacial score (nSPS) is 24.9. The Morgan fingerprint density at radius 1 is 1.30 bits per heavy atom. The van der Waals surface area contributed by atoms with E-state index in [1.807, 2.05) is 0 Å². The third-order valence-corrected chi connectivity index (χ3v) is 4.70. The van der Waals surface area contributed by atoms with Crippen molar-refractivity contribution < 1.29 is 5.11 Å². The maximum absolute atomic E-state index is 9.55. The van der Waals surface area contributed by atoms with E-state index in [-0.39, 0.29) is 6.10 Å². The van der Waals surface area contributed by atoms with E-state index >= 15 is 0 Å². The van der Waals surface area contributed by atoms with Crippen LogP contribution < -0.4 is 5.32 Å². The first kappa shape index (κ1) is 15.5. The summed E-state index contributed by atoms with van der Waals surface area (Å²) in [5.41, 5.74) is 3.77. The van der Waals surface area contributed by atoms with Crippen molar-refractivity contribution in [2.24, 2.45) is 5.92 Å². The van der Waals surface area contributed by atoms with E-state index in [4.69, 9.17) is 0 Å². The van der Waals surface area contributed by atoms with Crippen molar-refractivity contribution in [3.8, 4) is 0 Å². The maximum atomic E-state index is 9.55. The molecule has 1 atom stereocenters. The molecule has 0 aliphatic heterocycles. The number of aliphatic hydroxyl groups excluding tert-OH is 1. The van der Waals surface area contributed by atoms with Crippen LogP contribution in [0.2, 0.25) is 0 Å². The van der Waals surface area contributed by atoms with Gasteiger partial charge in [-0.15, -0.1) is 0 Å². The van der Waals surface area contributed by atoms with Crippen LogP contribution in [-0.4, -0.2) is 27.5 Å². The van der Waals surface area contributed by atoms with Crippen LogP contribution >= 0.6 is 0 Å². The molecule has 1 aliphatic carbocycles. The molecule has 1 aromatic heterocycles. The molecule has 4 heteroatoms. The Labute approximate surface area is 122 Å². The first-order valence-electron chi connectivity index (χ1n) is 7.98. The summed E-state index contributed by atoms with van der Waals surface area (Å²) in [6, 6.07) is 0.349. The fourth-order valence-corrected chi connectivity index (χ4v) is 3.44. The van der Waals surface area contributed by atoms with E-state index in [1.165, 1.54) is 11.3 Å². The molecule has 2 N–H and O–H groups in total. The van der Waals surface area contributed by atoms with Gasteiger partial charge in [0.25, 0.3) is 0 Å². The topological polar surface area (TPSA) is 50.1 Å². The zero-order chi connectivity index (χ0) is 14.7. The van der Waals surface area contributed by atoms with E-state index in [9.17, 15) is 5.11 Å². The van der Waals surface area contributed by atoms with Gasteiger partial charge in [0.05, 0.1) is 11.8 Å². The van der Waals surface area contributed by atoms with Crippen molar-refractivity contribution in [1.82, 2.24) is 15.1 Å². The molecular weight excluding hydrogens is 250 g/mol. The predicted octanol–water partition coefficient (Wildman–Crippen LogP) is 2.72. The Morgan fingerprint density at radius 2 is 1.95 bits per heavy atom. The van der Waals surface area contributed by atoms with E-state index in [2.05, 4.69) is 42.8 Å². The summed E-state index contributed by atoms with van der Waals surface area (Å²) >= 11 is 0. The average Bonchev–Trinajstić information content (AvgIpc) is 2.72. The maximum Gasteiger partial charge on any atom is 0.0644 e. The zero-order valence-corrected chi connectivity index (χ0v) is 13.3. The van der Waals surface area contributed by atoms with Crippen molar-refractivity contribution >= 4 is 0 Å². The summed E-state index contributed by atoms with van der Waals surface area (Å²) in [6.45, 7) is 10.6. The smallest absolute Gasteiger partial charge is 0.0644 e. The third-order valence-electron chi connectivity index (χ3n) is 4.70. The number of nitrogens with one attached hydrogen (secondary N) is 1. The van der Waals surface area contributed by atoms with Gasteiger partial charge in [-0.3, -0.25) is 4.68 Å². The monoisotopic (exact) mass is 279 g/mol. The molecule has 0 saturated heterocycles. The van der Waals surface area contributed by atoms with Gasteiger partial charge >= 0.3 is 0 Å². The Balaban J connectivity index is 1.92. The van der Waals surface area contributed by atoms with Gasteiger partial charge in [0.15, 0.2) is 0 Å². The summed E-state index contributed by atoms with van der Waals surface area (Å²) in [5, 5.41) is 17.8. The molecule has 1 fully saturated rings. The van der Waals surface area contributed by atoms with E-state index in [0.29, 0.717) is 12.0 Å². The molecule has 4 nitrogen and oxygen atoms in total. The molecule has 1 saturated carbocycles. The summed E-state index contributed by atoms with van der Waals surface area (Å²) in [7, 11) is 0. The minimum Gasteiger partial charge on any atom is -0.393 e. The first-order valence-corrected chi connectivity index (χ1v) is 7.98. The Bertz CT molecular complexity index is 433. The van der Waals surface area contributed by atoms with Crippen LogP contribution in [0.15, 0.2) is 0 Å². The predicted molar refractivity (Wildman–Crippen MR) is 81.8 cm³/mol. The summed E-state index contributed by atoms with van der Waals surface area (Å²) in [5.74, 6) is 0.711. The minimum atomic E-state index is -0.0593. The lowest BCUT2D eigenvalue weighted by molar-refractivity contribution is 0.108. The molecule has 1 heterocycles. The van der Waals surface area contributed by atoms with E-state index < -0.39 is 0 Å². The van der Waals surface area contributed by atoms with Gasteiger partial charge in [0.1, 0.15) is 0 Å². The molecule has 1 aromatic rings. The summed E-state index contributed by atoms with van der Waals surface area (Å²) < 4.78 is 2.08. The molecule has 0 amide bonds. The molecule has 114 valence electrons. The van der Waals surface area contributed by atoms with Crippen LogP contribution in [0.25, 0.3) is 0 Å². The molecule has 2 rings (SSSR count). The lowest BCUT2D eigenvalue weighted by atomic mass is 9.87. The summed E-state index contributed by atoms with van der Waals surface area (Å²) in [6.07, 6.45) is 4.16. The zero-order valence-electron chi connectivity index (χ0n) is 13.3. The van der Waals surface area contributed by atoms with Crippen molar-refractivity contribution in [3.05, 3.63) is 17.0 Å². The van der Waals surface area contributed by atoms with Gasteiger partial charge in [0.2, 0.25) is 0 Å². The number of rotatable bonds is 5. The number of aromatic nitrogens is 2. The fraction of sp³-hybridized carbons (Fsp3) is 0.812. The highest BCUT2D eigenvalue weighted by atomic mass is 16.3. The number of hydrogen-bond acceptors (Lipinski definition) is 3. The van der Waals surface area contributed by atoms with Gasteiger partial charge in [0, 0.05) is 23.8 Å². The first-order chi connectivity index (χ1) is 9.52. The van der Waals surface area contributed by atoms with Crippen LogP contribution in [0.5, 0.6) is 0 Å². The Hall–Kier alpha value is -0.870. The van der Waals surface area contributed by atoms with Gasteiger partial charge in [-0.2, -0.15) is 5.10 Å². The second-order valence-electron chi connectivity index (χ2n) is 6.20. The molecular formula is C16H29N3O.